The lowest BCUT2D eigenvalue weighted by Crippen LogP contribution is -2.31. The first-order chi connectivity index (χ1) is 12.8. The van der Waals surface area contributed by atoms with Crippen molar-refractivity contribution in [2.45, 2.75) is 31.2 Å². The fourth-order valence-corrected chi connectivity index (χ4v) is 5.01. The van der Waals surface area contributed by atoms with E-state index in [4.69, 9.17) is 5.11 Å². The highest BCUT2D eigenvalue weighted by Gasteiger charge is 2.32. The third-order valence-electron chi connectivity index (χ3n) is 5.00. The van der Waals surface area contributed by atoms with E-state index in [1.807, 2.05) is 55.3 Å². The molecule has 7 heteroatoms. The Hall–Kier alpha value is -2.06. The van der Waals surface area contributed by atoms with Crippen LogP contribution >= 0.6 is 10.8 Å². The highest BCUT2D eigenvalue weighted by atomic mass is 32.3. The number of likely N-dealkylation sites (N-methyl/N-ethyl adjacent to an activating group) is 1. The first-order valence-electron chi connectivity index (χ1n) is 8.93. The largest absolute Gasteiger partial charge is 0.481 e. The molecule has 0 bridgehead atoms. The molecule has 2 aromatic rings. The van der Waals surface area contributed by atoms with Gasteiger partial charge in [-0.1, -0.05) is 30.3 Å². The molecule has 0 aliphatic carbocycles. The lowest BCUT2D eigenvalue weighted by atomic mass is 10.0. The fourth-order valence-electron chi connectivity index (χ4n) is 3.31. The number of para-hydroxylation sites is 1. The van der Waals surface area contributed by atoms with Crippen molar-refractivity contribution >= 4 is 22.4 Å². The zero-order chi connectivity index (χ0) is 19.6. The number of carboxylic acids is 1. The fraction of sp³-hybridized carbons (Fsp3) is 0.350. The van der Waals surface area contributed by atoms with Crippen molar-refractivity contribution in [1.29, 1.82) is 0 Å². The average molecular weight is 391 g/mol. The van der Waals surface area contributed by atoms with Crippen molar-refractivity contribution in [2.75, 3.05) is 25.0 Å². The van der Waals surface area contributed by atoms with Crippen LogP contribution in [0.1, 0.15) is 23.1 Å². The highest BCUT2D eigenvalue weighted by molar-refractivity contribution is 8.22. The maximum Gasteiger partial charge on any atom is 0.303 e. The van der Waals surface area contributed by atoms with Crippen LogP contribution in [0.25, 0.3) is 0 Å². The van der Waals surface area contributed by atoms with Crippen molar-refractivity contribution in [3.8, 4) is 0 Å². The van der Waals surface area contributed by atoms with Crippen LogP contribution in [0.4, 0.5) is 5.69 Å². The monoisotopic (exact) mass is 390 g/mol. The molecule has 0 atom stereocenters. The summed E-state index contributed by atoms with van der Waals surface area (Å²) in [5, 5.41) is 8.90. The Balaban J connectivity index is 1.89. The third kappa shape index (κ3) is 4.27. The standard InChI is InChI=1S/C20H26N2O4S/c1-15-7-8-16(9-10-20(23)24)13-17(15)14-22-12-11-21(2)18-5-3-4-6-19(18)27(22,25)26/h3-8,13,25-26H,9-12,14H2,1-2H3,(H,23,24). The maximum atomic E-state index is 11.0. The van der Waals surface area contributed by atoms with Crippen molar-refractivity contribution in [2.24, 2.45) is 0 Å². The number of hydrogen-bond acceptors (Lipinski definition) is 5. The van der Waals surface area contributed by atoms with Crippen LogP contribution in [0, 0.1) is 6.92 Å². The number of aliphatic carboxylic acids is 1. The highest BCUT2D eigenvalue weighted by Crippen LogP contribution is 2.56. The van der Waals surface area contributed by atoms with E-state index in [9.17, 15) is 13.9 Å². The van der Waals surface area contributed by atoms with Gasteiger partial charge in [-0.25, -0.2) is 0 Å². The van der Waals surface area contributed by atoms with Gasteiger partial charge in [-0.15, -0.1) is 10.8 Å². The van der Waals surface area contributed by atoms with Crippen molar-refractivity contribution in [3.05, 3.63) is 59.2 Å². The molecule has 0 unspecified atom stereocenters. The van der Waals surface area contributed by atoms with E-state index in [0.717, 1.165) is 22.4 Å². The summed E-state index contributed by atoms with van der Waals surface area (Å²) in [7, 11) is -1.15. The zero-order valence-electron chi connectivity index (χ0n) is 15.6. The lowest BCUT2D eigenvalue weighted by Gasteiger charge is -2.42. The van der Waals surface area contributed by atoms with Gasteiger partial charge >= 0.3 is 5.97 Å². The van der Waals surface area contributed by atoms with Gasteiger partial charge in [0.1, 0.15) is 0 Å². The van der Waals surface area contributed by atoms with Gasteiger partial charge in [0, 0.05) is 33.1 Å². The summed E-state index contributed by atoms with van der Waals surface area (Å²) in [6.07, 6.45) is 0.546. The Morgan fingerprint density at radius 3 is 2.63 bits per heavy atom. The molecule has 1 aliphatic rings. The van der Waals surface area contributed by atoms with Gasteiger partial charge in [0.25, 0.3) is 0 Å². The number of carboxylic acid groups (broad SMARTS) is 1. The molecule has 27 heavy (non-hydrogen) atoms. The van der Waals surface area contributed by atoms with Gasteiger partial charge in [0.05, 0.1) is 10.6 Å². The van der Waals surface area contributed by atoms with E-state index in [0.29, 0.717) is 31.0 Å². The Labute approximate surface area is 161 Å². The Bertz CT molecular complexity index is 840. The van der Waals surface area contributed by atoms with Gasteiger partial charge in [-0.05, 0) is 42.2 Å². The second-order valence-corrected chi connectivity index (χ2v) is 8.92. The summed E-state index contributed by atoms with van der Waals surface area (Å²) in [6.45, 7) is 3.59. The SMILES string of the molecule is Cc1ccc(CCC(=O)O)cc1CN1CCN(C)c2ccccc2S1(O)O. The van der Waals surface area contributed by atoms with Crippen LogP contribution < -0.4 is 4.90 Å². The summed E-state index contributed by atoms with van der Waals surface area (Å²) in [4.78, 5) is 13.4. The van der Waals surface area contributed by atoms with Crippen LogP contribution in [0.5, 0.6) is 0 Å². The number of fused-ring (bicyclic) bond motifs is 1. The topological polar surface area (TPSA) is 84.2 Å². The molecule has 1 heterocycles. The van der Waals surface area contributed by atoms with Gasteiger partial charge in [-0.2, -0.15) is 4.31 Å². The molecule has 3 N–H and O–H groups in total. The second-order valence-electron chi connectivity index (χ2n) is 6.93. The van der Waals surface area contributed by atoms with E-state index in [2.05, 4.69) is 0 Å². The minimum Gasteiger partial charge on any atom is -0.481 e. The van der Waals surface area contributed by atoms with Crippen LogP contribution in [-0.4, -0.2) is 44.6 Å². The van der Waals surface area contributed by atoms with Crippen molar-refractivity contribution < 1.29 is 19.0 Å². The Morgan fingerprint density at radius 2 is 1.89 bits per heavy atom. The lowest BCUT2D eigenvalue weighted by molar-refractivity contribution is -0.136. The van der Waals surface area contributed by atoms with Gasteiger partial charge < -0.3 is 10.0 Å². The number of hydrogen-bond donors (Lipinski definition) is 3. The molecular weight excluding hydrogens is 364 g/mol. The maximum absolute atomic E-state index is 11.0. The van der Waals surface area contributed by atoms with Gasteiger partial charge in [0.15, 0.2) is 0 Å². The number of rotatable bonds is 5. The molecule has 1 aliphatic heterocycles. The normalized spacial score (nSPS) is 17.9. The van der Waals surface area contributed by atoms with Crippen molar-refractivity contribution in [1.82, 2.24) is 4.31 Å². The molecule has 0 spiro atoms. The molecule has 0 saturated heterocycles. The summed E-state index contributed by atoms with van der Waals surface area (Å²) >= 11 is 0. The predicted molar refractivity (Wildman–Crippen MR) is 108 cm³/mol. The molecule has 0 radical (unpaired) electrons. The molecule has 146 valence electrons. The molecule has 0 amide bonds. The minimum absolute atomic E-state index is 0.0829. The van der Waals surface area contributed by atoms with Crippen LogP contribution in [-0.2, 0) is 17.8 Å². The molecule has 0 aromatic heterocycles. The van der Waals surface area contributed by atoms with E-state index in [1.165, 1.54) is 0 Å². The smallest absolute Gasteiger partial charge is 0.303 e. The first-order valence-corrected chi connectivity index (χ1v) is 10.4. The Kier molecular flexibility index (Phi) is 5.76. The number of nitrogens with zero attached hydrogens (tertiary/aromatic N) is 2. The van der Waals surface area contributed by atoms with E-state index < -0.39 is 16.7 Å². The molecule has 6 nitrogen and oxygen atoms in total. The number of aryl methyl sites for hydroxylation is 2. The third-order valence-corrected chi connectivity index (χ3v) is 6.97. The summed E-state index contributed by atoms with van der Waals surface area (Å²) in [5.74, 6) is -0.821. The average Bonchev–Trinajstić information content (AvgIpc) is 2.73. The predicted octanol–water partition coefficient (Wildman–Crippen LogP) is 3.99. The zero-order valence-corrected chi connectivity index (χ0v) is 16.4. The molecular formula is C20H26N2O4S. The van der Waals surface area contributed by atoms with E-state index in [-0.39, 0.29) is 6.42 Å². The number of benzene rings is 2. The van der Waals surface area contributed by atoms with E-state index in [1.54, 1.807) is 10.4 Å². The van der Waals surface area contributed by atoms with Gasteiger partial charge in [-0.3, -0.25) is 13.9 Å². The minimum atomic E-state index is -3.11. The quantitative estimate of drug-likeness (QED) is 0.716. The second kappa shape index (κ2) is 7.90. The number of carbonyl (C=O) groups is 1. The van der Waals surface area contributed by atoms with Crippen molar-refractivity contribution in [3.63, 3.8) is 0 Å². The first kappa shape index (κ1) is 19.7. The summed E-state index contributed by atoms with van der Waals surface area (Å²) < 4.78 is 23.8. The van der Waals surface area contributed by atoms with Crippen LogP contribution in [0.3, 0.4) is 0 Å². The number of anilines is 1. The molecule has 2 aromatic carbocycles. The molecule has 0 fully saturated rings. The molecule has 0 saturated carbocycles. The summed E-state index contributed by atoms with van der Waals surface area (Å²) in [5.41, 5.74) is 3.82. The van der Waals surface area contributed by atoms with Crippen LogP contribution in [0.15, 0.2) is 47.4 Å². The van der Waals surface area contributed by atoms with Crippen LogP contribution in [0.2, 0.25) is 0 Å². The van der Waals surface area contributed by atoms with Gasteiger partial charge in [0.2, 0.25) is 0 Å². The Morgan fingerprint density at radius 1 is 1.15 bits per heavy atom. The summed E-state index contributed by atoms with van der Waals surface area (Å²) in [6, 6.07) is 13.3. The molecule has 3 rings (SSSR count). The van der Waals surface area contributed by atoms with E-state index >= 15 is 0 Å².